The van der Waals surface area contributed by atoms with Gasteiger partial charge in [-0.25, -0.2) is 0 Å². The third kappa shape index (κ3) is 7.07. The highest BCUT2D eigenvalue weighted by atomic mass is 127. The second kappa shape index (κ2) is 11.5. The Kier molecular flexibility index (Phi) is 9.66. The number of nitrogens with zero attached hydrogens (tertiary/aromatic N) is 2. The zero-order chi connectivity index (χ0) is 16.3. The van der Waals surface area contributed by atoms with Gasteiger partial charge >= 0.3 is 0 Å². The normalized spacial score (nSPS) is 10.8. The highest BCUT2D eigenvalue weighted by molar-refractivity contribution is 14.0. The molecule has 0 saturated heterocycles. The molecule has 24 heavy (non-hydrogen) atoms. The van der Waals surface area contributed by atoms with Gasteiger partial charge < -0.3 is 24.9 Å². The second-order valence-corrected chi connectivity index (χ2v) is 4.84. The number of carbonyl (C=O) groups is 1. The molecule has 0 spiro atoms. The van der Waals surface area contributed by atoms with Gasteiger partial charge in [-0.2, -0.15) is 0 Å². The number of aromatic nitrogens is 1. The molecule has 0 unspecified atom stereocenters. The topological polar surface area (TPSA) is 83.6 Å². The van der Waals surface area contributed by atoms with Crippen molar-refractivity contribution >= 4 is 35.8 Å². The van der Waals surface area contributed by atoms with E-state index in [2.05, 4.69) is 25.5 Å². The molecule has 0 aliphatic rings. The first-order valence-electron chi connectivity index (χ1n) is 7.74. The fourth-order valence-corrected chi connectivity index (χ4v) is 2.00. The fourth-order valence-electron chi connectivity index (χ4n) is 2.00. The van der Waals surface area contributed by atoms with Crippen molar-refractivity contribution in [3.8, 4) is 0 Å². The van der Waals surface area contributed by atoms with Crippen LogP contribution in [0.15, 0.2) is 52.3 Å². The monoisotopic (exact) mass is 445 g/mol. The molecule has 1 amide bonds. The van der Waals surface area contributed by atoms with Crippen LogP contribution in [0.3, 0.4) is 0 Å². The molecule has 0 atom stereocenters. The first kappa shape index (κ1) is 20.1. The van der Waals surface area contributed by atoms with Crippen LogP contribution in [0.2, 0.25) is 0 Å². The summed E-state index contributed by atoms with van der Waals surface area (Å²) in [7, 11) is 0. The van der Waals surface area contributed by atoms with Crippen molar-refractivity contribution in [3.63, 3.8) is 0 Å². The quantitative estimate of drug-likeness (QED) is 0.250. The maximum Gasteiger partial charge on any atom is 0.287 e. The summed E-state index contributed by atoms with van der Waals surface area (Å²) in [6.07, 6.45) is 5.52. The van der Waals surface area contributed by atoms with Crippen molar-refractivity contribution in [1.29, 1.82) is 0 Å². The van der Waals surface area contributed by atoms with Crippen molar-refractivity contribution in [2.45, 2.75) is 13.5 Å². The largest absolute Gasteiger partial charge is 0.459 e. The van der Waals surface area contributed by atoms with Gasteiger partial charge in [-0.15, -0.1) is 24.0 Å². The summed E-state index contributed by atoms with van der Waals surface area (Å²) in [5.74, 6) is 0.827. The molecule has 0 aromatic carbocycles. The van der Waals surface area contributed by atoms with Gasteiger partial charge in [0.05, 0.1) is 12.8 Å². The Morgan fingerprint density at radius 1 is 1.17 bits per heavy atom. The van der Waals surface area contributed by atoms with E-state index < -0.39 is 0 Å². The summed E-state index contributed by atoms with van der Waals surface area (Å²) in [5, 5.41) is 9.20. The third-order valence-corrected chi connectivity index (χ3v) is 3.09. The SMILES string of the molecule is CCNC(=NCCNC(=O)c1ccco1)NCCn1cccc1.I. The lowest BCUT2D eigenvalue weighted by Crippen LogP contribution is -2.39. The molecular weight excluding hydrogens is 421 g/mol. The second-order valence-electron chi connectivity index (χ2n) is 4.84. The summed E-state index contributed by atoms with van der Waals surface area (Å²) in [6.45, 7) is 5.39. The van der Waals surface area contributed by atoms with Crippen LogP contribution in [-0.2, 0) is 6.54 Å². The fraction of sp³-hybridized carbons (Fsp3) is 0.375. The van der Waals surface area contributed by atoms with Gasteiger partial charge in [0.2, 0.25) is 0 Å². The molecule has 0 fully saturated rings. The van der Waals surface area contributed by atoms with Crippen LogP contribution in [0.4, 0.5) is 0 Å². The number of hydrogen-bond acceptors (Lipinski definition) is 3. The van der Waals surface area contributed by atoms with Gasteiger partial charge in [-0.3, -0.25) is 9.79 Å². The van der Waals surface area contributed by atoms with Crippen molar-refractivity contribution in [2.75, 3.05) is 26.2 Å². The Morgan fingerprint density at radius 3 is 2.62 bits per heavy atom. The van der Waals surface area contributed by atoms with Crippen LogP contribution in [0.5, 0.6) is 0 Å². The minimum atomic E-state index is -0.226. The van der Waals surface area contributed by atoms with Gasteiger partial charge in [-0.05, 0) is 31.2 Å². The molecule has 2 aromatic heterocycles. The van der Waals surface area contributed by atoms with E-state index in [-0.39, 0.29) is 29.9 Å². The lowest BCUT2D eigenvalue weighted by atomic mass is 10.4. The number of rotatable bonds is 8. The molecule has 7 nitrogen and oxygen atoms in total. The molecule has 0 aliphatic heterocycles. The summed E-state index contributed by atoms with van der Waals surface area (Å²) in [6, 6.07) is 7.32. The smallest absolute Gasteiger partial charge is 0.287 e. The molecule has 2 aromatic rings. The Morgan fingerprint density at radius 2 is 1.96 bits per heavy atom. The minimum Gasteiger partial charge on any atom is -0.459 e. The summed E-state index contributed by atoms with van der Waals surface area (Å²) >= 11 is 0. The molecule has 2 heterocycles. The Balaban J connectivity index is 0.00000288. The van der Waals surface area contributed by atoms with Crippen molar-refractivity contribution in [2.24, 2.45) is 4.99 Å². The number of furan rings is 1. The molecule has 0 radical (unpaired) electrons. The van der Waals surface area contributed by atoms with E-state index in [0.717, 1.165) is 25.6 Å². The van der Waals surface area contributed by atoms with Crippen LogP contribution >= 0.6 is 24.0 Å². The van der Waals surface area contributed by atoms with Gasteiger partial charge in [0.25, 0.3) is 5.91 Å². The number of guanidine groups is 1. The molecule has 0 bridgehead atoms. The standard InChI is InChI=1S/C16H23N5O2.HI/c1-2-17-16(20-9-12-21-10-3-4-11-21)19-8-7-18-15(22)14-6-5-13-23-14;/h3-6,10-11,13H,2,7-9,12H2,1H3,(H,18,22)(H2,17,19,20);1H. The lowest BCUT2D eigenvalue weighted by Gasteiger charge is -2.11. The number of amides is 1. The average molecular weight is 445 g/mol. The first-order chi connectivity index (χ1) is 11.3. The van der Waals surface area contributed by atoms with Gasteiger partial charge in [0, 0.05) is 38.6 Å². The molecule has 3 N–H and O–H groups in total. The van der Waals surface area contributed by atoms with Crippen LogP contribution in [0.25, 0.3) is 0 Å². The van der Waals surface area contributed by atoms with Crippen molar-refractivity contribution in [3.05, 3.63) is 48.7 Å². The highest BCUT2D eigenvalue weighted by Crippen LogP contribution is 1.98. The minimum absolute atomic E-state index is 0. The molecule has 0 aliphatic carbocycles. The van der Waals surface area contributed by atoms with E-state index in [1.807, 2.05) is 31.5 Å². The molecule has 0 saturated carbocycles. The molecule has 2 rings (SSSR count). The number of carbonyl (C=O) groups excluding carboxylic acids is 1. The Labute approximate surface area is 158 Å². The maximum absolute atomic E-state index is 11.7. The van der Waals surface area contributed by atoms with Gasteiger partial charge in [0.1, 0.15) is 0 Å². The first-order valence-corrected chi connectivity index (χ1v) is 7.74. The zero-order valence-corrected chi connectivity index (χ0v) is 16.0. The number of aliphatic imine (C=N–C) groups is 1. The third-order valence-electron chi connectivity index (χ3n) is 3.09. The van der Waals surface area contributed by atoms with E-state index in [1.165, 1.54) is 6.26 Å². The summed E-state index contributed by atoms with van der Waals surface area (Å²) < 4.78 is 7.12. The van der Waals surface area contributed by atoms with E-state index in [1.54, 1.807) is 12.1 Å². The average Bonchev–Trinajstić information content (AvgIpc) is 3.24. The summed E-state index contributed by atoms with van der Waals surface area (Å²) in [5.41, 5.74) is 0. The van der Waals surface area contributed by atoms with E-state index >= 15 is 0 Å². The van der Waals surface area contributed by atoms with E-state index in [0.29, 0.717) is 18.8 Å². The summed E-state index contributed by atoms with van der Waals surface area (Å²) in [4.78, 5) is 16.1. The lowest BCUT2D eigenvalue weighted by molar-refractivity contribution is 0.0927. The van der Waals surface area contributed by atoms with E-state index in [9.17, 15) is 4.79 Å². The van der Waals surface area contributed by atoms with Gasteiger partial charge in [0.15, 0.2) is 11.7 Å². The van der Waals surface area contributed by atoms with Gasteiger partial charge in [-0.1, -0.05) is 0 Å². The number of nitrogens with one attached hydrogen (secondary N) is 3. The number of hydrogen-bond donors (Lipinski definition) is 3. The Hall–Kier alpha value is -1.97. The number of halogens is 1. The van der Waals surface area contributed by atoms with Crippen LogP contribution < -0.4 is 16.0 Å². The zero-order valence-electron chi connectivity index (χ0n) is 13.7. The van der Waals surface area contributed by atoms with Crippen LogP contribution in [0.1, 0.15) is 17.5 Å². The van der Waals surface area contributed by atoms with E-state index in [4.69, 9.17) is 4.42 Å². The predicted molar refractivity (Wildman–Crippen MR) is 105 cm³/mol. The van der Waals surface area contributed by atoms with Crippen molar-refractivity contribution < 1.29 is 9.21 Å². The highest BCUT2D eigenvalue weighted by Gasteiger charge is 2.06. The van der Waals surface area contributed by atoms with Crippen LogP contribution in [0, 0.1) is 0 Å². The predicted octanol–water partition coefficient (Wildman–Crippen LogP) is 1.68. The molecule has 8 heteroatoms. The van der Waals surface area contributed by atoms with Crippen LogP contribution in [-0.4, -0.2) is 42.6 Å². The maximum atomic E-state index is 11.7. The molecular formula is C16H24IN5O2. The molecule has 132 valence electrons. The Bertz CT molecular complexity index is 596. The van der Waals surface area contributed by atoms with Crippen molar-refractivity contribution in [1.82, 2.24) is 20.5 Å².